The fourth-order valence-electron chi connectivity index (χ4n) is 2.71. The van der Waals surface area contributed by atoms with Gasteiger partial charge in [-0.15, -0.1) is 5.10 Å². The molecule has 0 radical (unpaired) electrons. The first-order valence-corrected chi connectivity index (χ1v) is 9.44. The summed E-state index contributed by atoms with van der Waals surface area (Å²) in [4.78, 5) is 12.3. The van der Waals surface area contributed by atoms with Crippen molar-refractivity contribution in [3.8, 4) is 5.69 Å². The second-order valence-corrected chi connectivity index (χ2v) is 7.05. The fraction of sp³-hybridized carbons (Fsp3) is 0.100. The van der Waals surface area contributed by atoms with Crippen LogP contribution in [-0.4, -0.2) is 31.9 Å². The summed E-state index contributed by atoms with van der Waals surface area (Å²) < 4.78 is 1.63. The van der Waals surface area contributed by atoms with Crippen molar-refractivity contribution in [3.05, 3.63) is 72.3 Å². The molecule has 0 spiro atoms. The maximum Gasteiger partial charge on any atom is 0.234 e. The minimum Gasteiger partial charge on any atom is -0.325 e. The molecule has 0 atom stereocenters. The van der Waals surface area contributed by atoms with Crippen LogP contribution in [0, 0.1) is 6.92 Å². The molecular formula is C20H17N5OS. The van der Waals surface area contributed by atoms with E-state index in [1.807, 2.05) is 73.7 Å². The number of rotatable bonds is 5. The molecule has 0 unspecified atom stereocenters. The van der Waals surface area contributed by atoms with E-state index in [4.69, 9.17) is 0 Å². The molecule has 1 N–H and O–H groups in total. The SMILES string of the molecule is Cc1ccc(-n2nnnc2SCC(=O)Nc2ccc3ccccc3c2)cc1. The fourth-order valence-corrected chi connectivity index (χ4v) is 3.40. The number of thioether (sulfide) groups is 1. The van der Waals surface area contributed by atoms with Crippen LogP contribution in [0.15, 0.2) is 71.9 Å². The number of tetrazole rings is 1. The van der Waals surface area contributed by atoms with Gasteiger partial charge in [0.05, 0.1) is 11.4 Å². The molecule has 0 saturated heterocycles. The van der Waals surface area contributed by atoms with Gasteiger partial charge in [-0.25, -0.2) is 0 Å². The molecule has 4 aromatic rings. The maximum absolute atomic E-state index is 12.3. The number of fused-ring (bicyclic) bond motifs is 1. The summed E-state index contributed by atoms with van der Waals surface area (Å²) in [5.74, 6) is 0.118. The number of benzene rings is 3. The van der Waals surface area contributed by atoms with Crippen LogP contribution in [0.25, 0.3) is 16.5 Å². The Kier molecular flexibility index (Phi) is 4.84. The normalized spacial score (nSPS) is 10.9. The van der Waals surface area contributed by atoms with Crippen molar-refractivity contribution in [1.29, 1.82) is 0 Å². The maximum atomic E-state index is 12.3. The van der Waals surface area contributed by atoms with Gasteiger partial charge in [-0.2, -0.15) is 4.68 Å². The van der Waals surface area contributed by atoms with Crippen molar-refractivity contribution in [3.63, 3.8) is 0 Å². The smallest absolute Gasteiger partial charge is 0.234 e. The van der Waals surface area contributed by atoms with E-state index < -0.39 is 0 Å². The lowest BCUT2D eigenvalue weighted by molar-refractivity contribution is -0.113. The van der Waals surface area contributed by atoms with Crippen molar-refractivity contribution in [2.75, 3.05) is 11.1 Å². The molecule has 3 aromatic carbocycles. The van der Waals surface area contributed by atoms with Crippen LogP contribution in [0.3, 0.4) is 0 Å². The van der Waals surface area contributed by atoms with Crippen LogP contribution < -0.4 is 5.32 Å². The van der Waals surface area contributed by atoms with Crippen LogP contribution in [0.1, 0.15) is 5.56 Å². The van der Waals surface area contributed by atoms with E-state index >= 15 is 0 Å². The molecule has 6 nitrogen and oxygen atoms in total. The van der Waals surface area contributed by atoms with Gasteiger partial charge in [0.1, 0.15) is 0 Å². The number of amides is 1. The highest BCUT2D eigenvalue weighted by molar-refractivity contribution is 7.99. The average molecular weight is 375 g/mol. The Labute approximate surface area is 160 Å². The van der Waals surface area contributed by atoms with E-state index in [0.717, 1.165) is 27.7 Å². The molecule has 0 fully saturated rings. The predicted molar refractivity (Wildman–Crippen MR) is 107 cm³/mol. The highest BCUT2D eigenvalue weighted by atomic mass is 32.2. The van der Waals surface area contributed by atoms with Crippen molar-refractivity contribution in [2.24, 2.45) is 0 Å². The van der Waals surface area contributed by atoms with Gasteiger partial charge in [-0.3, -0.25) is 4.79 Å². The molecule has 0 aliphatic heterocycles. The van der Waals surface area contributed by atoms with Gasteiger partial charge in [0.25, 0.3) is 0 Å². The quantitative estimate of drug-likeness (QED) is 0.536. The lowest BCUT2D eigenvalue weighted by Crippen LogP contribution is -2.14. The van der Waals surface area contributed by atoms with Crippen LogP contribution >= 0.6 is 11.8 Å². The standard InChI is InChI=1S/C20H17N5OS/c1-14-6-10-18(11-7-14)25-20(22-23-24-25)27-13-19(26)21-17-9-8-15-4-2-3-5-16(15)12-17/h2-12H,13H2,1H3,(H,21,26). The van der Waals surface area contributed by atoms with Crippen LogP contribution in [-0.2, 0) is 4.79 Å². The van der Waals surface area contributed by atoms with E-state index in [1.165, 1.54) is 11.8 Å². The van der Waals surface area contributed by atoms with Gasteiger partial charge in [0.2, 0.25) is 11.1 Å². The first-order chi connectivity index (χ1) is 13.2. The molecule has 7 heteroatoms. The van der Waals surface area contributed by atoms with Gasteiger partial charge < -0.3 is 5.32 Å². The zero-order valence-corrected chi connectivity index (χ0v) is 15.5. The van der Waals surface area contributed by atoms with E-state index in [0.29, 0.717) is 5.16 Å². The van der Waals surface area contributed by atoms with Crippen LogP contribution in [0.2, 0.25) is 0 Å². The Morgan fingerprint density at radius 1 is 1.04 bits per heavy atom. The monoisotopic (exact) mass is 375 g/mol. The number of aryl methyl sites for hydroxylation is 1. The number of carbonyl (C=O) groups is 1. The number of nitrogens with one attached hydrogen (secondary N) is 1. The highest BCUT2D eigenvalue weighted by Crippen LogP contribution is 2.21. The largest absolute Gasteiger partial charge is 0.325 e. The lowest BCUT2D eigenvalue weighted by Gasteiger charge is -2.07. The summed E-state index contributed by atoms with van der Waals surface area (Å²) in [5, 5.41) is 17.5. The first kappa shape index (κ1) is 17.2. The zero-order chi connectivity index (χ0) is 18.6. The summed E-state index contributed by atoms with van der Waals surface area (Å²) in [6.07, 6.45) is 0. The number of carbonyl (C=O) groups excluding carboxylic acids is 1. The highest BCUT2D eigenvalue weighted by Gasteiger charge is 2.12. The number of hydrogen-bond acceptors (Lipinski definition) is 5. The third-order valence-electron chi connectivity index (χ3n) is 4.09. The number of anilines is 1. The van der Waals surface area contributed by atoms with Crippen molar-refractivity contribution in [1.82, 2.24) is 20.2 Å². The lowest BCUT2D eigenvalue weighted by atomic mass is 10.1. The Bertz CT molecular complexity index is 1090. The summed E-state index contributed by atoms with van der Waals surface area (Å²) in [5.41, 5.74) is 2.80. The molecule has 134 valence electrons. The van der Waals surface area contributed by atoms with Crippen LogP contribution in [0.4, 0.5) is 5.69 Å². The minimum atomic E-state index is -0.103. The molecular weight excluding hydrogens is 358 g/mol. The summed E-state index contributed by atoms with van der Waals surface area (Å²) in [6.45, 7) is 2.02. The number of hydrogen-bond donors (Lipinski definition) is 1. The summed E-state index contributed by atoms with van der Waals surface area (Å²) >= 11 is 1.30. The van der Waals surface area contributed by atoms with Crippen LogP contribution in [0.5, 0.6) is 0 Å². The second kappa shape index (κ2) is 7.59. The van der Waals surface area contributed by atoms with E-state index in [2.05, 4.69) is 20.8 Å². The first-order valence-electron chi connectivity index (χ1n) is 8.46. The Morgan fingerprint density at radius 2 is 1.81 bits per heavy atom. The van der Waals surface area contributed by atoms with E-state index in [-0.39, 0.29) is 11.7 Å². The van der Waals surface area contributed by atoms with E-state index in [1.54, 1.807) is 4.68 Å². The Morgan fingerprint density at radius 3 is 2.63 bits per heavy atom. The number of aromatic nitrogens is 4. The topological polar surface area (TPSA) is 72.7 Å². The molecule has 0 aliphatic rings. The minimum absolute atomic E-state index is 0.103. The van der Waals surface area contributed by atoms with Gasteiger partial charge in [0, 0.05) is 5.69 Å². The molecule has 1 amide bonds. The summed E-state index contributed by atoms with van der Waals surface area (Å²) in [6, 6.07) is 21.8. The molecule has 0 saturated carbocycles. The molecule has 1 aromatic heterocycles. The number of nitrogens with zero attached hydrogens (tertiary/aromatic N) is 4. The average Bonchev–Trinajstić information content (AvgIpc) is 3.15. The van der Waals surface area contributed by atoms with E-state index in [9.17, 15) is 4.79 Å². The van der Waals surface area contributed by atoms with Gasteiger partial charge in [0.15, 0.2) is 0 Å². The van der Waals surface area contributed by atoms with Crippen molar-refractivity contribution in [2.45, 2.75) is 12.1 Å². The zero-order valence-electron chi connectivity index (χ0n) is 14.7. The molecule has 4 rings (SSSR count). The Balaban J connectivity index is 1.42. The van der Waals surface area contributed by atoms with Gasteiger partial charge in [-0.1, -0.05) is 59.8 Å². The second-order valence-electron chi connectivity index (χ2n) is 6.11. The molecule has 0 bridgehead atoms. The third-order valence-corrected chi connectivity index (χ3v) is 5.00. The van der Waals surface area contributed by atoms with Gasteiger partial charge >= 0.3 is 0 Å². The molecule has 27 heavy (non-hydrogen) atoms. The Hall–Kier alpha value is -3.19. The van der Waals surface area contributed by atoms with Crippen molar-refractivity contribution < 1.29 is 4.79 Å². The van der Waals surface area contributed by atoms with Gasteiger partial charge in [-0.05, 0) is 52.4 Å². The molecule has 1 heterocycles. The molecule has 0 aliphatic carbocycles. The third kappa shape index (κ3) is 3.98. The predicted octanol–water partition coefficient (Wildman–Crippen LogP) is 3.85. The van der Waals surface area contributed by atoms with Crippen molar-refractivity contribution >= 4 is 34.1 Å². The summed E-state index contributed by atoms with van der Waals surface area (Å²) in [7, 11) is 0.